The van der Waals surface area contributed by atoms with Gasteiger partial charge in [-0.05, 0) is 73.8 Å². The van der Waals surface area contributed by atoms with E-state index in [4.69, 9.17) is 4.74 Å². The van der Waals surface area contributed by atoms with Crippen LogP contribution in [-0.4, -0.2) is 50.5 Å². The number of hydrogen-bond acceptors (Lipinski definition) is 5. The second kappa shape index (κ2) is 14.6. The summed E-state index contributed by atoms with van der Waals surface area (Å²) in [5.41, 5.74) is 2.16. The summed E-state index contributed by atoms with van der Waals surface area (Å²) >= 11 is 3.56. The number of carbonyl (C=O) groups is 3. The third-order valence-corrected chi connectivity index (χ3v) is 9.10. The average molecular weight is 672 g/mol. The molecule has 0 radical (unpaired) electrons. The largest absolute Gasteiger partial charge is 0.496 e. The van der Waals surface area contributed by atoms with Crippen molar-refractivity contribution in [1.29, 1.82) is 0 Å². The Bertz CT molecular complexity index is 1480. The minimum absolute atomic E-state index is 0. The predicted octanol–water partition coefficient (Wildman–Crippen LogP) is 5.98. The quantitative estimate of drug-likeness (QED) is 0.308. The fraction of sp³-hybridized carbons (Fsp3) is 0.424. The van der Waals surface area contributed by atoms with Crippen molar-refractivity contribution in [2.75, 3.05) is 30.5 Å². The number of anilines is 2. The van der Waals surface area contributed by atoms with Gasteiger partial charge in [-0.1, -0.05) is 59.5 Å². The van der Waals surface area contributed by atoms with E-state index < -0.39 is 12.1 Å². The molecule has 2 aliphatic rings. The van der Waals surface area contributed by atoms with Gasteiger partial charge in [0.1, 0.15) is 11.8 Å². The minimum Gasteiger partial charge on any atom is -0.496 e. The molecule has 3 amide bonds. The maximum absolute atomic E-state index is 14.4. The highest BCUT2D eigenvalue weighted by molar-refractivity contribution is 9.10. The Morgan fingerprint density at radius 1 is 1.05 bits per heavy atom. The first-order chi connectivity index (χ1) is 20.3. The van der Waals surface area contributed by atoms with Gasteiger partial charge in [-0.25, -0.2) is 0 Å². The van der Waals surface area contributed by atoms with Crippen molar-refractivity contribution < 1.29 is 19.1 Å². The standard InChI is InChI=1S/C33H39BrN4O4.ClH/c1-21(35-2)32(40)36-27-20-37(31(39)17-22-9-5-4-6-10-22)28-11-7-8-12-29(28)38(33(27)41)19-26-25-15-14-24(34)18-23(25)13-16-30(26)42-3;/h7-8,11-16,18,21-22,27,35H,4-6,9-10,17,19-20H2,1-3H3,(H,36,40);1H/t21?,27-;/m0./s1. The molecular formula is C33H40BrClN4O4. The average Bonchev–Trinajstić information content (AvgIpc) is 3.11. The van der Waals surface area contributed by atoms with E-state index in [0.717, 1.165) is 46.5 Å². The number of halogens is 2. The Hall–Kier alpha value is -3.14. The summed E-state index contributed by atoms with van der Waals surface area (Å²) in [7, 11) is 3.32. The van der Waals surface area contributed by atoms with E-state index in [1.165, 1.54) is 6.42 Å². The van der Waals surface area contributed by atoms with E-state index in [1.54, 1.807) is 30.9 Å². The Morgan fingerprint density at radius 2 is 1.77 bits per heavy atom. The lowest BCUT2D eigenvalue weighted by molar-refractivity contribution is -0.128. The van der Waals surface area contributed by atoms with Crippen LogP contribution in [0.3, 0.4) is 0 Å². The summed E-state index contributed by atoms with van der Waals surface area (Å²) in [6.45, 7) is 2.02. The van der Waals surface area contributed by atoms with Crippen LogP contribution in [0.1, 0.15) is 51.0 Å². The number of nitrogens with zero attached hydrogens (tertiary/aromatic N) is 2. The second-order valence-electron chi connectivity index (χ2n) is 11.3. The summed E-state index contributed by atoms with van der Waals surface area (Å²) in [6, 6.07) is 16.0. The van der Waals surface area contributed by atoms with Crippen molar-refractivity contribution in [3.63, 3.8) is 0 Å². The van der Waals surface area contributed by atoms with Gasteiger partial charge in [-0.2, -0.15) is 0 Å². The molecule has 1 heterocycles. The van der Waals surface area contributed by atoms with Crippen LogP contribution in [0.15, 0.2) is 59.1 Å². The number of carbonyl (C=O) groups excluding carboxylic acids is 3. The van der Waals surface area contributed by atoms with Crippen LogP contribution >= 0.6 is 28.3 Å². The zero-order valence-electron chi connectivity index (χ0n) is 24.9. The smallest absolute Gasteiger partial charge is 0.251 e. The van der Waals surface area contributed by atoms with Crippen molar-refractivity contribution in [3.8, 4) is 5.75 Å². The van der Waals surface area contributed by atoms with Crippen LogP contribution in [0, 0.1) is 5.92 Å². The van der Waals surface area contributed by atoms with Gasteiger partial charge < -0.3 is 25.2 Å². The maximum atomic E-state index is 14.4. The molecule has 43 heavy (non-hydrogen) atoms. The van der Waals surface area contributed by atoms with Crippen molar-refractivity contribution in [1.82, 2.24) is 10.6 Å². The van der Waals surface area contributed by atoms with Gasteiger partial charge in [0.25, 0.3) is 5.91 Å². The van der Waals surface area contributed by atoms with E-state index in [2.05, 4.69) is 26.6 Å². The lowest BCUT2D eigenvalue weighted by Gasteiger charge is -2.28. The van der Waals surface area contributed by atoms with Crippen LogP contribution < -0.4 is 25.2 Å². The van der Waals surface area contributed by atoms with E-state index in [0.29, 0.717) is 29.5 Å². The van der Waals surface area contributed by atoms with Crippen LogP contribution in [0.4, 0.5) is 11.4 Å². The second-order valence-corrected chi connectivity index (χ2v) is 12.2. The zero-order valence-corrected chi connectivity index (χ0v) is 27.3. The number of methoxy groups -OCH3 is 1. The van der Waals surface area contributed by atoms with Gasteiger partial charge in [-0.3, -0.25) is 14.4 Å². The fourth-order valence-electron chi connectivity index (χ4n) is 6.13. The molecule has 3 aromatic rings. The van der Waals surface area contributed by atoms with Crippen molar-refractivity contribution in [2.45, 2.75) is 64.1 Å². The first-order valence-electron chi connectivity index (χ1n) is 14.7. The summed E-state index contributed by atoms with van der Waals surface area (Å²) in [5, 5.41) is 7.86. The Kier molecular flexibility index (Phi) is 11.1. The number of para-hydroxylation sites is 2. The van der Waals surface area contributed by atoms with Crippen molar-refractivity contribution in [3.05, 3.63) is 64.6 Å². The van der Waals surface area contributed by atoms with Crippen LogP contribution in [0.2, 0.25) is 0 Å². The van der Waals surface area contributed by atoms with Gasteiger partial charge in [-0.15, -0.1) is 12.4 Å². The van der Waals surface area contributed by atoms with Crippen LogP contribution in [0.25, 0.3) is 10.8 Å². The Balaban J connectivity index is 0.00000423. The molecule has 1 unspecified atom stereocenters. The molecule has 0 bridgehead atoms. The number of rotatable bonds is 8. The number of amides is 3. The molecule has 230 valence electrons. The summed E-state index contributed by atoms with van der Waals surface area (Å²) in [4.78, 5) is 44.8. The van der Waals surface area contributed by atoms with Gasteiger partial charge >= 0.3 is 0 Å². The first kappa shape index (κ1) is 32.8. The van der Waals surface area contributed by atoms with Gasteiger partial charge in [0.05, 0.1) is 37.6 Å². The Morgan fingerprint density at radius 3 is 2.47 bits per heavy atom. The van der Waals surface area contributed by atoms with E-state index >= 15 is 0 Å². The molecule has 1 saturated carbocycles. The first-order valence-corrected chi connectivity index (χ1v) is 15.5. The molecule has 8 nitrogen and oxygen atoms in total. The number of ether oxygens (including phenoxy) is 1. The molecule has 2 N–H and O–H groups in total. The molecule has 2 atom stereocenters. The van der Waals surface area contributed by atoms with Gasteiger partial charge in [0.2, 0.25) is 11.8 Å². The molecule has 3 aromatic carbocycles. The molecule has 1 aliphatic carbocycles. The number of hydrogen-bond donors (Lipinski definition) is 2. The summed E-state index contributed by atoms with van der Waals surface area (Å²) < 4.78 is 6.72. The lowest BCUT2D eigenvalue weighted by atomic mass is 9.86. The van der Waals surface area contributed by atoms with Gasteiger partial charge in [0, 0.05) is 16.5 Å². The lowest BCUT2D eigenvalue weighted by Crippen LogP contribution is -2.55. The van der Waals surface area contributed by atoms with Gasteiger partial charge in [0.15, 0.2) is 0 Å². The minimum atomic E-state index is -0.925. The zero-order chi connectivity index (χ0) is 29.8. The van der Waals surface area contributed by atoms with Crippen LogP contribution in [0.5, 0.6) is 5.75 Å². The van der Waals surface area contributed by atoms with Crippen molar-refractivity contribution >= 4 is 68.2 Å². The fourth-order valence-corrected chi connectivity index (χ4v) is 6.51. The van der Waals surface area contributed by atoms with E-state index in [-0.39, 0.29) is 43.2 Å². The van der Waals surface area contributed by atoms with E-state index in [1.807, 2.05) is 54.6 Å². The molecule has 10 heteroatoms. The molecule has 0 aromatic heterocycles. The molecule has 0 spiro atoms. The molecule has 1 aliphatic heterocycles. The monoisotopic (exact) mass is 670 g/mol. The summed E-state index contributed by atoms with van der Waals surface area (Å²) in [6.07, 6.45) is 6.02. The highest BCUT2D eigenvalue weighted by atomic mass is 79.9. The maximum Gasteiger partial charge on any atom is 0.251 e. The SMILES string of the molecule is CNC(C)C(=O)N[C@H]1CN(C(=O)CC2CCCCC2)c2ccccc2N(Cc2c(OC)ccc3cc(Br)ccc23)C1=O.Cl. The molecule has 1 fully saturated rings. The molecule has 5 rings (SSSR count). The third-order valence-electron chi connectivity index (χ3n) is 8.61. The molecule has 0 saturated heterocycles. The van der Waals surface area contributed by atoms with Crippen LogP contribution in [-0.2, 0) is 20.9 Å². The highest BCUT2D eigenvalue weighted by Gasteiger charge is 2.38. The summed E-state index contributed by atoms with van der Waals surface area (Å²) in [5.74, 6) is 0.411. The highest BCUT2D eigenvalue weighted by Crippen LogP contribution is 2.38. The number of likely N-dealkylation sites (N-methyl/N-ethyl adjacent to an activating group) is 1. The topological polar surface area (TPSA) is 91.0 Å². The van der Waals surface area contributed by atoms with Crippen molar-refractivity contribution in [2.24, 2.45) is 5.92 Å². The number of fused-ring (bicyclic) bond motifs is 2. The Labute approximate surface area is 268 Å². The number of benzene rings is 3. The third kappa shape index (κ3) is 7.16. The molecular weight excluding hydrogens is 632 g/mol. The predicted molar refractivity (Wildman–Crippen MR) is 177 cm³/mol. The normalized spacial score (nSPS) is 18.0. The number of nitrogens with one attached hydrogen (secondary N) is 2. The van der Waals surface area contributed by atoms with E-state index in [9.17, 15) is 14.4 Å².